The number of aryl methyl sites for hydroxylation is 2. The minimum absolute atomic E-state index is 0.154. The molecule has 0 saturated carbocycles. The summed E-state index contributed by atoms with van der Waals surface area (Å²) in [5.74, 6) is -0.901. The summed E-state index contributed by atoms with van der Waals surface area (Å²) in [6.45, 7) is 4.68. The monoisotopic (exact) mass is 429 g/mol. The molecule has 3 rings (SSSR count). The van der Waals surface area contributed by atoms with Gasteiger partial charge < -0.3 is 4.74 Å². The highest BCUT2D eigenvalue weighted by atomic mass is 32.2. The minimum Gasteiger partial charge on any atom is -0.454 e. The van der Waals surface area contributed by atoms with E-state index in [1.165, 1.54) is 28.6 Å². The van der Waals surface area contributed by atoms with E-state index in [2.05, 4.69) is 0 Å². The van der Waals surface area contributed by atoms with Gasteiger partial charge in [0.25, 0.3) is 0 Å². The zero-order valence-corrected chi connectivity index (χ0v) is 18.2. The molecule has 7 heteroatoms. The summed E-state index contributed by atoms with van der Waals surface area (Å²) in [6.07, 6.45) is 3.25. The van der Waals surface area contributed by atoms with E-state index in [1.807, 2.05) is 32.0 Å². The standard InChI is InChI=1S/C23H27NO5S/c1-3-17-7-8-18(4-2)21(15-17)22(25)16-29-23(26)19-9-11-20(12-10-19)30(27,28)24-13-5-6-14-24/h7-12,15H,3-6,13-14,16H2,1-2H3. The number of rotatable bonds is 8. The Balaban J connectivity index is 1.66. The van der Waals surface area contributed by atoms with Gasteiger partial charge in [-0.3, -0.25) is 4.79 Å². The highest BCUT2D eigenvalue weighted by Gasteiger charge is 2.27. The molecule has 0 aliphatic carbocycles. The van der Waals surface area contributed by atoms with Gasteiger partial charge in [0, 0.05) is 18.7 Å². The quantitative estimate of drug-likeness (QED) is 0.473. The average molecular weight is 430 g/mol. The third-order valence-electron chi connectivity index (χ3n) is 5.39. The number of esters is 1. The maximum atomic E-state index is 12.6. The Kier molecular flexibility index (Phi) is 7.05. The van der Waals surface area contributed by atoms with Crippen LogP contribution < -0.4 is 0 Å². The first-order chi connectivity index (χ1) is 14.4. The molecule has 0 aromatic heterocycles. The van der Waals surface area contributed by atoms with Crippen LogP contribution in [0.4, 0.5) is 0 Å². The Morgan fingerprint density at radius 2 is 1.63 bits per heavy atom. The summed E-state index contributed by atoms with van der Waals surface area (Å²) in [6, 6.07) is 11.5. The first-order valence-corrected chi connectivity index (χ1v) is 11.7. The SMILES string of the molecule is CCc1ccc(CC)c(C(=O)COC(=O)c2ccc(S(=O)(=O)N3CCCC3)cc2)c1. The van der Waals surface area contributed by atoms with Crippen molar-refractivity contribution in [2.45, 2.75) is 44.4 Å². The van der Waals surface area contributed by atoms with E-state index in [1.54, 1.807) is 0 Å². The summed E-state index contributed by atoms with van der Waals surface area (Å²) in [7, 11) is -3.53. The summed E-state index contributed by atoms with van der Waals surface area (Å²) in [5.41, 5.74) is 2.76. The summed E-state index contributed by atoms with van der Waals surface area (Å²) in [5, 5.41) is 0. The third-order valence-corrected chi connectivity index (χ3v) is 7.30. The second kappa shape index (κ2) is 9.53. The maximum Gasteiger partial charge on any atom is 0.338 e. The highest BCUT2D eigenvalue weighted by Crippen LogP contribution is 2.21. The van der Waals surface area contributed by atoms with Crippen molar-refractivity contribution in [1.29, 1.82) is 0 Å². The molecule has 0 atom stereocenters. The normalized spacial score (nSPS) is 14.6. The number of benzene rings is 2. The zero-order valence-electron chi connectivity index (χ0n) is 17.4. The summed E-state index contributed by atoms with van der Waals surface area (Å²) >= 11 is 0. The average Bonchev–Trinajstić information content (AvgIpc) is 3.32. The summed E-state index contributed by atoms with van der Waals surface area (Å²) < 4.78 is 31.8. The molecule has 160 valence electrons. The summed E-state index contributed by atoms with van der Waals surface area (Å²) in [4.78, 5) is 25.1. The number of sulfonamides is 1. The number of hydrogen-bond donors (Lipinski definition) is 0. The van der Waals surface area contributed by atoms with E-state index in [0.717, 1.165) is 30.4 Å². The molecule has 0 unspecified atom stereocenters. The molecule has 1 aliphatic heterocycles. The van der Waals surface area contributed by atoms with Gasteiger partial charge in [-0.15, -0.1) is 0 Å². The Labute approximate surface area is 177 Å². The number of Topliss-reactive ketones (excluding diaryl/α,β-unsaturated/α-hetero) is 1. The number of carbonyl (C=O) groups excluding carboxylic acids is 2. The van der Waals surface area contributed by atoms with Gasteiger partial charge in [0.05, 0.1) is 10.5 Å². The lowest BCUT2D eigenvalue weighted by molar-refractivity contribution is 0.0474. The Morgan fingerprint density at radius 3 is 2.23 bits per heavy atom. The van der Waals surface area contributed by atoms with Crippen LogP contribution in [0.25, 0.3) is 0 Å². The van der Waals surface area contributed by atoms with Gasteiger partial charge in [-0.25, -0.2) is 13.2 Å². The van der Waals surface area contributed by atoms with Gasteiger partial charge in [-0.05, 0) is 67.1 Å². The van der Waals surface area contributed by atoms with Crippen molar-refractivity contribution in [1.82, 2.24) is 4.31 Å². The number of carbonyl (C=O) groups is 2. The molecule has 0 bridgehead atoms. The van der Waals surface area contributed by atoms with Crippen molar-refractivity contribution in [3.63, 3.8) is 0 Å². The fourth-order valence-corrected chi connectivity index (χ4v) is 5.06. The Morgan fingerprint density at radius 1 is 0.967 bits per heavy atom. The number of hydrogen-bond acceptors (Lipinski definition) is 5. The van der Waals surface area contributed by atoms with Crippen LogP contribution in [0.15, 0.2) is 47.4 Å². The molecule has 0 N–H and O–H groups in total. The van der Waals surface area contributed by atoms with E-state index < -0.39 is 16.0 Å². The molecule has 1 aliphatic rings. The highest BCUT2D eigenvalue weighted by molar-refractivity contribution is 7.89. The minimum atomic E-state index is -3.53. The lowest BCUT2D eigenvalue weighted by atomic mass is 9.98. The second-order valence-electron chi connectivity index (χ2n) is 7.33. The topological polar surface area (TPSA) is 80.8 Å². The van der Waals surface area contributed by atoms with E-state index >= 15 is 0 Å². The van der Waals surface area contributed by atoms with Crippen LogP contribution in [0.3, 0.4) is 0 Å². The van der Waals surface area contributed by atoms with Crippen molar-refractivity contribution >= 4 is 21.8 Å². The number of ether oxygens (including phenoxy) is 1. The van der Waals surface area contributed by atoms with Gasteiger partial charge in [-0.1, -0.05) is 26.0 Å². The van der Waals surface area contributed by atoms with E-state index in [-0.39, 0.29) is 22.8 Å². The van der Waals surface area contributed by atoms with E-state index in [0.29, 0.717) is 25.1 Å². The van der Waals surface area contributed by atoms with Crippen LogP contribution in [-0.2, 0) is 27.6 Å². The van der Waals surface area contributed by atoms with Gasteiger partial charge in [0.15, 0.2) is 6.61 Å². The smallest absolute Gasteiger partial charge is 0.338 e. The van der Waals surface area contributed by atoms with Crippen LogP contribution in [0.2, 0.25) is 0 Å². The molecule has 0 amide bonds. The largest absolute Gasteiger partial charge is 0.454 e. The van der Waals surface area contributed by atoms with Crippen molar-refractivity contribution < 1.29 is 22.7 Å². The molecule has 2 aromatic rings. The van der Waals surface area contributed by atoms with Crippen molar-refractivity contribution in [3.05, 3.63) is 64.7 Å². The lowest BCUT2D eigenvalue weighted by Crippen LogP contribution is -2.27. The van der Waals surface area contributed by atoms with Gasteiger partial charge in [-0.2, -0.15) is 4.31 Å². The molecular formula is C23H27NO5S. The molecule has 1 heterocycles. The Hall–Kier alpha value is -2.51. The van der Waals surface area contributed by atoms with Gasteiger partial charge >= 0.3 is 5.97 Å². The van der Waals surface area contributed by atoms with Crippen LogP contribution in [-0.4, -0.2) is 44.2 Å². The molecule has 30 heavy (non-hydrogen) atoms. The first kappa shape index (κ1) is 22.2. The zero-order chi connectivity index (χ0) is 21.7. The molecular weight excluding hydrogens is 402 g/mol. The van der Waals surface area contributed by atoms with Crippen LogP contribution in [0.5, 0.6) is 0 Å². The molecule has 0 spiro atoms. The second-order valence-corrected chi connectivity index (χ2v) is 9.27. The molecule has 0 radical (unpaired) electrons. The van der Waals surface area contributed by atoms with Crippen molar-refractivity contribution in [3.8, 4) is 0 Å². The van der Waals surface area contributed by atoms with E-state index in [9.17, 15) is 18.0 Å². The fourth-order valence-electron chi connectivity index (χ4n) is 3.54. The predicted molar refractivity (Wildman–Crippen MR) is 114 cm³/mol. The molecule has 6 nitrogen and oxygen atoms in total. The maximum absolute atomic E-state index is 12.6. The van der Waals surface area contributed by atoms with Crippen molar-refractivity contribution in [2.24, 2.45) is 0 Å². The first-order valence-electron chi connectivity index (χ1n) is 10.3. The van der Waals surface area contributed by atoms with Crippen LogP contribution >= 0.6 is 0 Å². The Bertz CT molecular complexity index is 1020. The number of ketones is 1. The van der Waals surface area contributed by atoms with Gasteiger partial charge in [0.1, 0.15) is 0 Å². The molecule has 1 fully saturated rings. The van der Waals surface area contributed by atoms with Gasteiger partial charge in [0.2, 0.25) is 15.8 Å². The number of nitrogens with zero attached hydrogens (tertiary/aromatic N) is 1. The predicted octanol–water partition coefficient (Wildman–Crippen LogP) is 3.64. The molecule has 1 saturated heterocycles. The molecule has 2 aromatic carbocycles. The lowest BCUT2D eigenvalue weighted by Gasteiger charge is -2.15. The van der Waals surface area contributed by atoms with Crippen molar-refractivity contribution in [2.75, 3.05) is 19.7 Å². The fraction of sp³-hybridized carbons (Fsp3) is 0.391. The van der Waals surface area contributed by atoms with Crippen LogP contribution in [0, 0.1) is 0 Å². The van der Waals surface area contributed by atoms with E-state index in [4.69, 9.17) is 4.74 Å². The third kappa shape index (κ3) is 4.79. The van der Waals surface area contributed by atoms with Crippen LogP contribution in [0.1, 0.15) is 58.5 Å².